The maximum atomic E-state index is 14.0. The highest BCUT2D eigenvalue weighted by Crippen LogP contribution is 2.42. The van der Waals surface area contributed by atoms with Gasteiger partial charge < -0.3 is 34.7 Å². The second-order valence-electron chi connectivity index (χ2n) is 15.6. The Morgan fingerprint density at radius 1 is 1.04 bits per heavy atom. The highest BCUT2D eigenvalue weighted by molar-refractivity contribution is 6.33. The predicted octanol–water partition coefficient (Wildman–Crippen LogP) is 6.74. The summed E-state index contributed by atoms with van der Waals surface area (Å²) in [5, 5.41) is 25.0. The molecule has 11 nitrogen and oxygen atoms in total. The molecule has 3 saturated heterocycles. The van der Waals surface area contributed by atoms with E-state index in [1.54, 1.807) is 24.3 Å². The van der Waals surface area contributed by atoms with E-state index in [0.29, 0.717) is 34.6 Å². The summed E-state index contributed by atoms with van der Waals surface area (Å²) in [5.41, 5.74) is 2.98. The molecule has 56 heavy (non-hydrogen) atoms. The number of fused-ring (bicyclic) bond motifs is 4. The SMILES string of the molecule is COc1cc(C(=O)OCCCCc2cccc(C3(C(=O)O[C@H]4CN5CCC4CC5)CCCCC3)c2)c(Cl)cc1CNC[C@H](O)c1ccc(O)c2[nH]c(=O)ccc12. The number of phenols is 1. The van der Waals surface area contributed by atoms with E-state index in [9.17, 15) is 24.6 Å². The van der Waals surface area contributed by atoms with Gasteiger partial charge in [-0.3, -0.25) is 14.5 Å². The van der Waals surface area contributed by atoms with Gasteiger partial charge in [0.2, 0.25) is 5.56 Å². The van der Waals surface area contributed by atoms with Crippen LogP contribution in [0.2, 0.25) is 5.02 Å². The molecule has 0 unspecified atom stereocenters. The molecule has 12 heteroatoms. The molecule has 3 aliphatic heterocycles. The van der Waals surface area contributed by atoms with E-state index in [4.69, 9.17) is 25.8 Å². The maximum Gasteiger partial charge on any atom is 0.339 e. The van der Waals surface area contributed by atoms with Gasteiger partial charge in [0.1, 0.15) is 17.6 Å². The fraction of sp³-hybridized carbons (Fsp3) is 0.477. The number of hydrogen-bond donors (Lipinski definition) is 4. The number of aliphatic hydroxyl groups excluding tert-OH is 1. The number of aromatic hydroxyl groups is 1. The third-order valence-corrected chi connectivity index (χ3v) is 12.3. The number of benzene rings is 3. The van der Waals surface area contributed by atoms with Gasteiger partial charge in [0.05, 0.1) is 41.3 Å². The number of halogens is 1. The van der Waals surface area contributed by atoms with Crippen LogP contribution in [-0.4, -0.2) is 78.0 Å². The van der Waals surface area contributed by atoms with Crippen molar-refractivity contribution in [3.05, 3.63) is 104 Å². The Morgan fingerprint density at radius 3 is 2.59 bits per heavy atom. The van der Waals surface area contributed by atoms with E-state index >= 15 is 0 Å². The number of carbonyl (C=O) groups excluding carboxylic acids is 2. The summed E-state index contributed by atoms with van der Waals surface area (Å²) in [7, 11) is 1.51. The third kappa shape index (κ3) is 8.76. The minimum absolute atomic E-state index is 0.00171. The van der Waals surface area contributed by atoms with E-state index < -0.39 is 17.5 Å². The average molecular weight is 786 g/mol. The first-order chi connectivity index (χ1) is 27.1. The fourth-order valence-corrected chi connectivity index (χ4v) is 9.10. The Kier molecular flexibility index (Phi) is 12.7. The summed E-state index contributed by atoms with van der Waals surface area (Å²) in [5.74, 6) is 0.262. The number of nitrogens with zero attached hydrogens (tertiary/aromatic N) is 1. The number of phenolic OH excluding ortho intramolecular Hbond substituents is 1. The number of aromatic nitrogens is 1. The van der Waals surface area contributed by atoms with Crippen LogP contribution in [-0.2, 0) is 32.6 Å². The number of nitrogens with one attached hydrogen (secondary N) is 2. The van der Waals surface area contributed by atoms with Crippen molar-refractivity contribution in [2.75, 3.05) is 39.9 Å². The number of unbranched alkanes of at least 4 members (excludes halogenated alkanes) is 1. The van der Waals surface area contributed by atoms with Gasteiger partial charge in [-0.05, 0) is 105 Å². The lowest BCUT2D eigenvalue weighted by molar-refractivity contribution is -0.167. The first kappa shape index (κ1) is 39.8. The van der Waals surface area contributed by atoms with Crippen molar-refractivity contribution in [3.8, 4) is 11.5 Å². The molecule has 4 N–H and O–H groups in total. The molecule has 298 valence electrons. The molecule has 8 rings (SSSR count). The first-order valence-corrected chi connectivity index (χ1v) is 20.3. The van der Waals surface area contributed by atoms with Crippen LogP contribution in [0.4, 0.5) is 0 Å². The summed E-state index contributed by atoms with van der Waals surface area (Å²) >= 11 is 6.57. The summed E-state index contributed by atoms with van der Waals surface area (Å²) in [6.07, 6.45) is 8.39. The van der Waals surface area contributed by atoms with Gasteiger partial charge in [0, 0.05) is 36.7 Å². The molecule has 4 fully saturated rings. The molecule has 2 atom stereocenters. The van der Waals surface area contributed by atoms with E-state index in [0.717, 1.165) is 88.5 Å². The Bertz CT molecular complexity index is 2090. The zero-order valence-electron chi connectivity index (χ0n) is 32.0. The number of pyridine rings is 1. The van der Waals surface area contributed by atoms with Gasteiger partial charge >= 0.3 is 11.9 Å². The Balaban J connectivity index is 0.901. The third-order valence-electron chi connectivity index (χ3n) is 12.0. The molecule has 1 saturated carbocycles. The van der Waals surface area contributed by atoms with Gasteiger partial charge in [0.15, 0.2) is 0 Å². The molecular formula is C44H52ClN3O8. The van der Waals surface area contributed by atoms with Crippen LogP contribution in [0.1, 0.15) is 96.5 Å². The molecule has 4 aliphatic rings. The van der Waals surface area contributed by atoms with Crippen molar-refractivity contribution < 1.29 is 34.0 Å². The van der Waals surface area contributed by atoms with Crippen LogP contribution >= 0.6 is 11.6 Å². The van der Waals surface area contributed by atoms with Crippen molar-refractivity contribution in [2.24, 2.45) is 5.92 Å². The lowest BCUT2D eigenvalue weighted by atomic mass is 9.69. The molecule has 0 amide bonds. The average Bonchev–Trinajstić information content (AvgIpc) is 3.21. The molecule has 0 spiro atoms. The van der Waals surface area contributed by atoms with Crippen LogP contribution < -0.4 is 15.6 Å². The standard InChI is InChI=1S/C44H52ClN3O8/c1-54-38-24-34(35(45)23-30(38)25-46-26-37(50)32-11-13-36(49)41-33(32)12-14-40(51)47-41)42(52)55-21-6-3-8-28-9-7-10-31(22-28)44(17-4-2-5-18-44)43(53)56-39-27-48-19-15-29(39)16-20-48/h7,9-14,22-24,29,37,39,46,49-50H,2-6,8,15-21,25-27H2,1H3,(H,47,51)/t37-,39-/m0/s1. The summed E-state index contributed by atoms with van der Waals surface area (Å²) in [4.78, 5) is 43.9. The Morgan fingerprint density at radius 2 is 1.84 bits per heavy atom. The Hall–Kier alpha value is -4.42. The number of carbonyl (C=O) groups is 2. The number of methoxy groups -OCH3 is 1. The molecule has 4 aromatic rings. The number of piperidine rings is 3. The fourth-order valence-electron chi connectivity index (χ4n) is 8.84. The maximum absolute atomic E-state index is 14.0. The monoisotopic (exact) mass is 785 g/mol. The molecule has 3 aromatic carbocycles. The zero-order chi connectivity index (χ0) is 39.2. The summed E-state index contributed by atoms with van der Waals surface area (Å²) in [6, 6.07) is 17.6. The van der Waals surface area contributed by atoms with Gasteiger partial charge in [-0.15, -0.1) is 0 Å². The minimum atomic E-state index is -0.944. The predicted molar refractivity (Wildman–Crippen MR) is 214 cm³/mol. The van der Waals surface area contributed by atoms with Crippen LogP contribution in [0, 0.1) is 5.92 Å². The van der Waals surface area contributed by atoms with Crippen molar-refractivity contribution in [1.82, 2.24) is 15.2 Å². The van der Waals surface area contributed by atoms with Gasteiger partial charge in [-0.25, -0.2) is 4.79 Å². The number of aliphatic hydroxyl groups is 1. The Labute approximate surface area is 332 Å². The largest absolute Gasteiger partial charge is 0.506 e. The van der Waals surface area contributed by atoms with Gasteiger partial charge in [-0.2, -0.15) is 0 Å². The first-order valence-electron chi connectivity index (χ1n) is 20.0. The molecule has 4 heterocycles. The number of aromatic amines is 1. The number of hydrogen-bond acceptors (Lipinski definition) is 10. The quantitative estimate of drug-likeness (QED) is 0.0754. The van der Waals surface area contributed by atoms with Gasteiger partial charge in [-0.1, -0.05) is 61.2 Å². The van der Waals surface area contributed by atoms with Crippen molar-refractivity contribution >= 4 is 34.4 Å². The molecule has 1 aliphatic carbocycles. The smallest absolute Gasteiger partial charge is 0.339 e. The lowest BCUT2D eigenvalue weighted by Crippen LogP contribution is -2.53. The van der Waals surface area contributed by atoms with Crippen molar-refractivity contribution in [1.29, 1.82) is 0 Å². The molecule has 1 aromatic heterocycles. The number of ether oxygens (including phenoxy) is 3. The number of H-pyrrole nitrogens is 1. The van der Waals surface area contributed by atoms with Crippen LogP contribution in [0.15, 0.2) is 65.5 Å². The highest BCUT2D eigenvalue weighted by atomic mass is 35.5. The zero-order valence-corrected chi connectivity index (χ0v) is 32.7. The second-order valence-corrected chi connectivity index (χ2v) is 16.0. The topological polar surface area (TPSA) is 150 Å². The molecule has 2 bridgehead atoms. The second kappa shape index (κ2) is 17.8. The van der Waals surface area contributed by atoms with Crippen LogP contribution in [0.25, 0.3) is 10.9 Å². The number of esters is 2. The van der Waals surface area contributed by atoms with Gasteiger partial charge in [0.25, 0.3) is 0 Å². The van der Waals surface area contributed by atoms with E-state index in [2.05, 4.69) is 39.5 Å². The van der Waals surface area contributed by atoms with E-state index in [-0.39, 0.29) is 59.2 Å². The number of rotatable bonds is 15. The summed E-state index contributed by atoms with van der Waals surface area (Å²) < 4.78 is 17.5. The molecular weight excluding hydrogens is 734 g/mol. The summed E-state index contributed by atoms with van der Waals surface area (Å²) in [6.45, 7) is 3.76. The normalized spacial score (nSPS) is 20.7. The van der Waals surface area contributed by atoms with Crippen LogP contribution in [0.5, 0.6) is 11.5 Å². The minimum Gasteiger partial charge on any atom is -0.506 e. The lowest BCUT2D eigenvalue weighted by Gasteiger charge is -2.45. The van der Waals surface area contributed by atoms with E-state index in [1.807, 2.05) is 0 Å². The van der Waals surface area contributed by atoms with E-state index in [1.165, 1.54) is 19.2 Å². The molecule has 0 radical (unpaired) electrons. The van der Waals surface area contributed by atoms with Crippen LogP contribution in [0.3, 0.4) is 0 Å². The van der Waals surface area contributed by atoms with Crippen molar-refractivity contribution in [3.63, 3.8) is 0 Å². The number of aryl methyl sites for hydroxylation is 1. The highest BCUT2D eigenvalue weighted by Gasteiger charge is 2.46. The van der Waals surface area contributed by atoms with Crippen molar-refractivity contribution in [2.45, 2.75) is 88.4 Å².